The third kappa shape index (κ3) is 9.32. The molecule has 1 aliphatic rings. The fourth-order valence-corrected chi connectivity index (χ4v) is 12.6. The summed E-state index contributed by atoms with van der Waals surface area (Å²) in [5.41, 5.74) is 21.5. The number of fused-ring (bicyclic) bond motifs is 5. The first-order chi connectivity index (χ1) is 42.9. The zero-order chi connectivity index (χ0) is 58.0. The van der Waals surface area contributed by atoms with Crippen molar-refractivity contribution in [2.24, 2.45) is 0 Å². The minimum Gasteiger partial charge on any atom is -0.469 e. The van der Waals surface area contributed by atoms with Crippen LogP contribution < -0.4 is 10.1 Å². The number of para-hydroxylation sites is 1. The third-order valence-electron chi connectivity index (χ3n) is 16.7. The van der Waals surface area contributed by atoms with Crippen LogP contribution in [0.1, 0.15) is 19.7 Å². The summed E-state index contributed by atoms with van der Waals surface area (Å²) in [6.07, 6.45) is 0.596. The standard InChI is InChI=1S/C79H54N6O2/c1-3-74-81-68-40-37-54(45-73(68)87-74)66-46-65(60-30-12-13-31-61(60)75(66)55-26-19-28-57(43-55)78-83-69(50-21-6-4-7-22-50)47-70(84-78)51-23-8-5-9-24-51)52-25-18-27-56(42-52)79-82-67-35-17-16-34-64(67)77(85-79)63-33-15-14-32-62(63)76-58-29-11-10-20-49(58)36-39-59(76)53-38-41-72-71(44-53)80-48(2)86-72/h4-48,80H,3H2,1-2H3. The van der Waals surface area contributed by atoms with Crippen molar-refractivity contribution in [2.45, 2.75) is 26.5 Å². The second kappa shape index (κ2) is 21.4. The summed E-state index contributed by atoms with van der Waals surface area (Å²) >= 11 is 0. The molecular weight excluding hydrogens is 1060 g/mol. The lowest BCUT2D eigenvalue weighted by Gasteiger charge is -2.19. The summed E-state index contributed by atoms with van der Waals surface area (Å²) in [4.78, 5) is 26.3. The Morgan fingerprint density at radius 3 is 1.74 bits per heavy atom. The molecule has 3 aromatic heterocycles. The fourth-order valence-electron chi connectivity index (χ4n) is 12.6. The van der Waals surface area contributed by atoms with Gasteiger partial charge in [-0.05, 0) is 139 Å². The maximum absolute atomic E-state index is 6.38. The van der Waals surface area contributed by atoms with Crippen LogP contribution in [0.4, 0.5) is 5.69 Å². The molecule has 0 spiro atoms. The van der Waals surface area contributed by atoms with Crippen LogP contribution in [0.25, 0.3) is 156 Å². The van der Waals surface area contributed by atoms with Gasteiger partial charge in [0.05, 0.1) is 28.3 Å². The molecule has 1 unspecified atom stereocenters. The smallest absolute Gasteiger partial charge is 0.195 e. The molecular formula is C79H54N6O2. The van der Waals surface area contributed by atoms with Gasteiger partial charge in [-0.2, -0.15) is 0 Å². The molecule has 15 aromatic rings. The number of aromatic nitrogens is 5. The summed E-state index contributed by atoms with van der Waals surface area (Å²) < 4.78 is 12.5. The number of oxazole rings is 1. The van der Waals surface area contributed by atoms with E-state index in [1.165, 1.54) is 0 Å². The number of nitrogens with one attached hydrogen (secondary N) is 1. The molecule has 0 aliphatic carbocycles. The Labute approximate surface area is 503 Å². The maximum atomic E-state index is 6.38. The van der Waals surface area contributed by atoms with E-state index in [1.807, 2.05) is 43.3 Å². The normalized spacial score (nSPS) is 12.8. The van der Waals surface area contributed by atoms with E-state index in [1.54, 1.807) is 0 Å². The molecule has 0 radical (unpaired) electrons. The zero-order valence-electron chi connectivity index (χ0n) is 47.7. The molecule has 0 saturated carbocycles. The Kier molecular flexibility index (Phi) is 12.6. The molecule has 0 saturated heterocycles. The predicted molar refractivity (Wildman–Crippen MR) is 355 cm³/mol. The van der Waals surface area contributed by atoms with Crippen molar-refractivity contribution in [1.29, 1.82) is 0 Å². The molecule has 1 N–H and O–H groups in total. The Hall–Kier alpha value is -11.4. The van der Waals surface area contributed by atoms with Gasteiger partial charge >= 0.3 is 0 Å². The number of hydrogen-bond acceptors (Lipinski definition) is 8. The van der Waals surface area contributed by atoms with Gasteiger partial charge in [-0.15, -0.1) is 0 Å². The van der Waals surface area contributed by atoms with Gasteiger partial charge in [0.15, 0.2) is 29.4 Å². The average Bonchev–Trinajstić information content (AvgIpc) is 2.08. The highest BCUT2D eigenvalue weighted by molar-refractivity contribution is 6.12. The molecule has 0 bridgehead atoms. The highest BCUT2D eigenvalue weighted by Gasteiger charge is 2.25. The molecule has 87 heavy (non-hydrogen) atoms. The number of rotatable bonds is 11. The average molecular weight is 1120 g/mol. The van der Waals surface area contributed by atoms with E-state index in [-0.39, 0.29) is 6.23 Å². The molecule has 412 valence electrons. The molecule has 8 nitrogen and oxygen atoms in total. The Bertz CT molecular complexity index is 5130. The second-order valence-electron chi connectivity index (χ2n) is 22.2. The van der Waals surface area contributed by atoms with Crippen molar-refractivity contribution in [1.82, 2.24) is 24.9 Å². The lowest BCUT2D eigenvalue weighted by Crippen LogP contribution is -2.13. The van der Waals surface area contributed by atoms with Crippen LogP contribution in [0.15, 0.2) is 271 Å². The number of aryl methyl sites for hydroxylation is 1. The van der Waals surface area contributed by atoms with Crippen molar-refractivity contribution in [3.63, 3.8) is 0 Å². The highest BCUT2D eigenvalue weighted by Crippen LogP contribution is 2.48. The highest BCUT2D eigenvalue weighted by atomic mass is 16.5. The largest absolute Gasteiger partial charge is 0.469 e. The lowest BCUT2D eigenvalue weighted by atomic mass is 9.85. The molecule has 4 heterocycles. The van der Waals surface area contributed by atoms with E-state index in [0.29, 0.717) is 24.0 Å². The molecule has 0 fully saturated rings. The molecule has 0 amide bonds. The van der Waals surface area contributed by atoms with Crippen LogP contribution >= 0.6 is 0 Å². The summed E-state index contributed by atoms with van der Waals surface area (Å²) in [6.45, 7) is 4.09. The van der Waals surface area contributed by atoms with Gasteiger partial charge < -0.3 is 14.5 Å². The van der Waals surface area contributed by atoms with Crippen molar-refractivity contribution >= 4 is 49.2 Å². The topological polar surface area (TPSA) is 98.9 Å². The Morgan fingerprint density at radius 1 is 0.368 bits per heavy atom. The van der Waals surface area contributed by atoms with Gasteiger partial charge in [0.25, 0.3) is 0 Å². The summed E-state index contributed by atoms with van der Waals surface area (Å²) in [5.74, 6) is 2.84. The minimum absolute atomic E-state index is 0.100. The van der Waals surface area contributed by atoms with E-state index in [0.717, 1.165) is 156 Å². The molecule has 16 rings (SSSR count). The van der Waals surface area contributed by atoms with Crippen LogP contribution in [0.5, 0.6) is 5.75 Å². The molecule has 1 aliphatic heterocycles. The number of anilines is 1. The van der Waals surface area contributed by atoms with Gasteiger partial charge in [-0.1, -0.05) is 219 Å². The van der Waals surface area contributed by atoms with Crippen LogP contribution in [0, 0.1) is 0 Å². The van der Waals surface area contributed by atoms with Crippen LogP contribution in [0.3, 0.4) is 0 Å². The maximum Gasteiger partial charge on any atom is 0.195 e. The number of benzene rings is 12. The van der Waals surface area contributed by atoms with Gasteiger partial charge in [0, 0.05) is 39.6 Å². The second-order valence-corrected chi connectivity index (χ2v) is 22.2. The van der Waals surface area contributed by atoms with Gasteiger partial charge in [-0.25, -0.2) is 24.9 Å². The van der Waals surface area contributed by atoms with Crippen molar-refractivity contribution in [3.8, 4) is 118 Å². The SMILES string of the molecule is CCc1nc2ccc(-c3cc(-c4cccc(-c5nc(-c6ccccc6-c6c(-c7ccc8c(c7)NC(C)O8)ccc7ccccc67)c6ccccc6n5)c4)c4ccccc4c3-c3cccc(-c4nc(-c5ccccc5)cc(-c5ccccc5)n4)c3)cc2o1. The van der Waals surface area contributed by atoms with Crippen LogP contribution in [-0.4, -0.2) is 31.1 Å². The van der Waals surface area contributed by atoms with Gasteiger partial charge in [0.1, 0.15) is 11.3 Å². The fraction of sp³-hybridized carbons (Fsp3) is 0.0506. The summed E-state index contributed by atoms with van der Waals surface area (Å²) in [6, 6.07) is 94.2. The van der Waals surface area contributed by atoms with Gasteiger partial charge in [-0.3, -0.25) is 0 Å². The van der Waals surface area contributed by atoms with E-state index in [4.69, 9.17) is 34.1 Å². The monoisotopic (exact) mass is 1120 g/mol. The quantitative estimate of drug-likeness (QED) is 0.137. The van der Waals surface area contributed by atoms with Crippen molar-refractivity contribution in [3.05, 3.63) is 273 Å². The van der Waals surface area contributed by atoms with Crippen LogP contribution in [0.2, 0.25) is 0 Å². The van der Waals surface area contributed by atoms with Crippen LogP contribution in [-0.2, 0) is 6.42 Å². The predicted octanol–water partition coefficient (Wildman–Crippen LogP) is 20.3. The first-order valence-electron chi connectivity index (χ1n) is 29.6. The summed E-state index contributed by atoms with van der Waals surface area (Å²) in [5, 5.41) is 8.98. The number of nitrogens with zero attached hydrogens (tertiary/aromatic N) is 5. The Balaban J connectivity index is 0.861. The van der Waals surface area contributed by atoms with E-state index < -0.39 is 0 Å². The first-order valence-corrected chi connectivity index (χ1v) is 29.6. The van der Waals surface area contributed by atoms with Crippen molar-refractivity contribution < 1.29 is 9.15 Å². The summed E-state index contributed by atoms with van der Waals surface area (Å²) in [7, 11) is 0. The van der Waals surface area contributed by atoms with E-state index in [2.05, 4.69) is 243 Å². The lowest BCUT2D eigenvalue weighted by molar-refractivity contribution is 0.275. The van der Waals surface area contributed by atoms with Crippen molar-refractivity contribution in [2.75, 3.05) is 5.32 Å². The molecule has 1 atom stereocenters. The minimum atomic E-state index is -0.100. The molecule has 12 aromatic carbocycles. The van der Waals surface area contributed by atoms with Gasteiger partial charge in [0.2, 0.25) is 0 Å². The molecule has 8 heteroatoms. The van der Waals surface area contributed by atoms with E-state index >= 15 is 0 Å². The third-order valence-corrected chi connectivity index (χ3v) is 16.7. The van der Waals surface area contributed by atoms with E-state index in [9.17, 15) is 0 Å². The number of ether oxygens (including phenoxy) is 1. The first kappa shape index (κ1) is 51.3. The number of hydrogen-bond donors (Lipinski definition) is 1. The zero-order valence-corrected chi connectivity index (χ0v) is 47.7. The Morgan fingerprint density at radius 2 is 0.966 bits per heavy atom.